The Balaban J connectivity index is 2.05. The van der Waals surface area contributed by atoms with Gasteiger partial charge in [0.1, 0.15) is 12.3 Å². The van der Waals surface area contributed by atoms with Crippen molar-refractivity contribution in [3.63, 3.8) is 0 Å². The monoisotopic (exact) mass is 290 g/mol. The third kappa shape index (κ3) is 3.75. The lowest BCUT2D eigenvalue weighted by Gasteiger charge is -2.31. The number of carbonyl (C=O) groups is 1. The molecule has 2 heterocycles. The summed E-state index contributed by atoms with van der Waals surface area (Å²) in [6, 6.07) is 3.46. The number of rotatable bonds is 2. The van der Waals surface area contributed by atoms with Crippen LogP contribution in [0, 0.1) is 11.8 Å². The number of amides is 1. The van der Waals surface area contributed by atoms with Crippen molar-refractivity contribution in [1.82, 2.24) is 9.88 Å². The van der Waals surface area contributed by atoms with Gasteiger partial charge in [-0.25, -0.2) is 4.98 Å². The lowest BCUT2D eigenvalue weighted by Crippen LogP contribution is -2.42. The van der Waals surface area contributed by atoms with Gasteiger partial charge in [-0.05, 0) is 18.6 Å². The zero-order chi connectivity index (χ0) is 14.4. The van der Waals surface area contributed by atoms with Crippen molar-refractivity contribution >= 4 is 17.7 Å². The van der Waals surface area contributed by atoms with E-state index in [4.69, 9.17) is 5.11 Å². The summed E-state index contributed by atoms with van der Waals surface area (Å²) in [4.78, 5) is 18.4. The Morgan fingerprint density at radius 2 is 2.45 bits per heavy atom. The molecule has 1 atom stereocenters. The molecule has 4 nitrogen and oxygen atoms in total. The fourth-order valence-electron chi connectivity index (χ4n) is 2.05. The molecule has 1 aromatic heterocycles. The number of aliphatic hydroxyl groups is 1. The van der Waals surface area contributed by atoms with E-state index in [1.54, 1.807) is 18.3 Å². The summed E-state index contributed by atoms with van der Waals surface area (Å²) in [5.41, 5.74) is 1.16. The molecule has 1 unspecified atom stereocenters. The van der Waals surface area contributed by atoms with E-state index in [9.17, 15) is 4.79 Å². The van der Waals surface area contributed by atoms with Crippen molar-refractivity contribution < 1.29 is 9.90 Å². The van der Waals surface area contributed by atoms with E-state index in [0.717, 1.165) is 25.3 Å². The fraction of sp³-hybridized carbons (Fsp3) is 0.467. The number of pyridine rings is 1. The SMILES string of the molecule is CCC1CN(C(=O)c2ccc(C#CCO)cn2)CCS1. The van der Waals surface area contributed by atoms with E-state index in [1.165, 1.54) is 0 Å². The highest BCUT2D eigenvalue weighted by Crippen LogP contribution is 2.22. The molecule has 1 N–H and O–H groups in total. The molecule has 1 fully saturated rings. The molecule has 1 amide bonds. The number of hydrogen-bond acceptors (Lipinski definition) is 4. The molecule has 1 aromatic rings. The van der Waals surface area contributed by atoms with Crippen LogP contribution in [0.1, 0.15) is 29.4 Å². The van der Waals surface area contributed by atoms with Crippen LogP contribution < -0.4 is 0 Å². The zero-order valence-electron chi connectivity index (χ0n) is 11.5. The molecule has 0 spiro atoms. The average molecular weight is 290 g/mol. The molecule has 20 heavy (non-hydrogen) atoms. The van der Waals surface area contributed by atoms with E-state index in [-0.39, 0.29) is 12.5 Å². The number of aliphatic hydroxyl groups excluding tert-OH is 1. The molecule has 0 aromatic carbocycles. The minimum atomic E-state index is -0.176. The van der Waals surface area contributed by atoms with Gasteiger partial charge >= 0.3 is 0 Å². The van der Waals surface area contributed by atoms with E-state index in [1.807, 2.05) is 16.7 Å². The van der Waals surface area contributed by atoms with Gasteiger partial charge in [-0.2, -0.15) is 11.8 Å². The Morgan fingerprint density at radius 3 is 3.10 bits per heavy atom. The molecule has 2 rings (SSSR count). The largest absolute Gasteiger partial charge is 0.384 e. The van der Waals surface area contributed by atoms with E-state index >= 15 is 0 Å². The van der Waals surface area contributed by atoms with E-state index < -0.39 is 0 Å². The second-order valence-electron chi connectivity index (χ2n) is 4.54. The van der Waals surface area contributed by atoms with Crippen LogP contribution >= 0.6 is 11.8 Å². The summed E-state index contributed by atoms with van der Waals surface area (Å²) in [7, 11) is 0. The Bertz CT molecular complexity index is 519. The first-order valence-corrected chi connectivity index (χ1v) is 7.76. The summed E-state index contributed by atoms with van der Waals surface area (Å²) in [6.45, 7) is 3.56. The molecule has 0 saturated carbocycles. The van der Waals surface area contributed by atoms with Gasteiger partial charge in [0.2, 0.25) is 0 Å². The van der Waals surface area contributed by atoms with Crippen molar-refractivity contribution in [3.8, 4) is 11.8 Å². The van der Waals surface area contributed by atoms with Crippen LogP contribution in [-0.4, -0.2) is 51.6 Å². The maximum atomic E-state index is 12.4. The molecule has 0 bridgehead atoms. The second kappa shape index (κ2) is 7.32. The summed E-state index contributed by atoms with van der Waals surface area (Å²) in [5.74, 6) is 6.30. The van der Waals surface area contributed by atoms with Crippen LogP contribution in [0.2, 0.25) is 0 Å². The Labute approximate surface area is 123 Å². The van der Waals surface area contributed by atoms with E-state index in [2.05, 4.69) is 23.7 Å². The van der Waals surface area contributed by atoms with Crippen LogP contribution in [0.25, 0.3) is 0 Å². The average Bonchev–Trinajstić information content (AvgIpc) is 2.52. The van der Waals surface area contributed by atoms with Crippen LogP contribution in [0.5, 0.6) is 0 Å². The van der Waals surface area contributed by atoms with Gasteiger partial charge in [0.25, 0.3) is 5.91 Å². The molecule has 106 valence electrons. The maximum absolute atomic E-state index is 12.4. The zero-order valence-corrected chi connectivity index (χ0v) is 12.3. The topological polar surface area (TPSA) is 53.4 Å². The highest BCUT2D eigenvalue weighted by molar-refractivity contribution is 8.00. The Kier molecular flexibility index (Phi) is 5.45. The highest BCUT2D eigenvalue weighted by Gasteiger charge is 2.24. The van der Waals surface area contributed by atoms with Gasteiger partial charge in [0, 0.05) is 35.9 Å². The summed E-state index contributed by atoms with van der Waals surface area (Å²) >= 11 is 1.93. The number of thioether (sulfide) groups is 1. The summed E-state index contributed by atoms with van der Waals surface area (Å²) < 4.78 is 0. The smallest absolute Gasteiger partial charge is 0.272 e. The predicted octanol–water partition coefficient (Wildman–Crippen LogP) is 1.39. The van der Waals surface area contributed by atoms with Crippen molar-refractivity contribution in [3.05, 3.63) is 29.6 Å². The van der Waals surface area contributed by atoms with Crippen LogP contribution in [0.3, 0.4) is 0 Å². The fourth-order valence-corrected chi connectivity index (χ4v) is 3.23. The lowest BCUT2D eigenvalue weighted by molar-refractivity contribution is 0.0755. The van der Waals surface area contributed by atoms with Crippen molar-refractivity contribution in [2.45, 2.75) is 18.6 Å². The van der Waals surface area contributed by atoms with Gasteiger partial charge in [-0.15, -0.1) is 0 Å². The standard InChI is InChI=1S/C15H18N2O2S/c1-2-13-11-17(7-9-20-13)15(19)14-6-5-12(10-16-14)4-3-8-18/h5-6,10,13,18H,2,7-9,11H2,1H3. The molecule has 1 aliphatic rings. The minimum Gasteiger partial charge on any atom is -0.384 e. The van der Waals surface area contributed by atoms with Crippen molar-refractivity contribution in [2.75, 3.05) is 25.4 Å². The predicted molar refractivity (Wildman–Crippen MR) is 80.6 cm³/mol. The molecular formula is C15H18N2O2S. The van der Waals surface area contributed by atoms with Gasteiger partial charge < -0.3 is 10.0 Å². The number of aromatic nitrogens is 1. The Hall–Kier alpha value is -1.51. The molecule has 0 radical (unpaired) electrons. The first-order valence-electron chi connectivity index (χ1n) is 6.71. The number of carbonyl (C=O) groups excluding carboxylic acids is 1. The third-order valence-electron chi connectivity index (χ3n) is 3.18. The minimum absolute atomic E-state index is 0.00887. The second-order valence-corrected chi connectivity index (χ2v) is 5.95. The molecular weight excluding hydrogens is 272 g/mol. The first kappa shape index (κ1) is 14.9. The highest BCUT2D eigenvalue weighted by atomic mass is 32.2. The van der Waals surface area contributed by atoms with Crippen LogP contribution in [-0.2, 0) is 0 Å². The Morgan fingerprint density at radius 1 is 1.60 bits per heavy atom. The molecule has 1 saturated heterocycles. The maximum Gasteiger partial charge on any atom is 0.272 e. The van der Waals surface area contributed by atoms with Gasteiger partial charge in [-0.3, -0.25) is 4.79 Å². The number of hydrogen-bond donors (Lipinski definition) is 1. The van der Waals surface area contributed by atoms with Crippen LogP contribution in [0.4, 0.5) is 0 Å². The van der Waals surface area contributed by atoms with Gasteiger partial charge in [0.05, 0.1) is 0 Å². The quantitative estimate of drug-likeness (QED) is 0.836. The van der Waals surface area contributed by atoms with Crippen molar-refractivity contribution in [2.24, 2.45) is 0 Å². The normalized spacial score (nSPS) is 18.3. The van der Waals surface area contributed by atoms with Gasteiger partial charge in [0.15, 0.2) is 0 Å². The van der Waals surface area contributed by atoms with E-state index in [0.29, 0.717) is 16.5 Å². The van der Waals surface area contributed by atoms with Crippen molar-refractivity contribution in [1.29, 1.82) is 0 Å². The van der Waals surface area contributed by atoms with Gasteiger partial charge in [-0.1, -0.05) is 18.8 Å². The molecule has 5 heteroatoms. The molecule has 1 aliphatic heterocycles. The summed E-state index contributed by atoms with van der Waals surface area (Å²) in [5, 5.41) is 9.16. The van der Waals surface area contributed by atoms with Crippen LogP contribution in [0.15, 0.2) is 18.3 Å². The first-order chi connectivity index (χ1) is 9.74. The number of nitrogens with zero attached hydrogens (tertiary/aromatic N) is 2. The lowest BCUT2D eigenvalue weighted by atomic mass is 10.2. The molecule has 0 aliphatic carbocycles. The summed E-state index contributed by atoms with van der Waals surface area (Å²) in [6.07, 6.45) is 2.66. The third-order valence-corrected chi connectivity index (χ3v) is 4.55.